The number of nitrogens with zero attached hydrogens (tertiary/aromatic N) is 2. The van der Waals surface area contributed by atoms with Gasteiger partial charge >= 0.3 is 6.09 Å². The van der Waals surface area contributed by atoms with Crippen molar-refractivity contribution < 1.29 is 9.53 Å². The van der Waals surface area contributed by atoms with Crippen LogP contribution in [-0.2, 0) is 4.74 Å². The SMILES string of the molecule is Cc1cc(C2=CN=C([C@@H]3CCCN3C(=O)OC(C)(C)C)C2)sc1Br. The van der Waals surface area contributed by atoms with Crippen LogP contribution in [0.2, 0.25) is 0 Å². The molecule has 0 spiro atoms. The quantitative estimate of drug-likeness (QED) is 0.654. The Morgan fingerprint density at radius 3 is 2.83 bits per heavy atom. The van der Waals surface area contributed by atoms with Gasteiger partial charge in [0, 0.05) is 29.8 Å². The second-order valence-electron chi connectivity index (χ2n) is 7.35. The Hall–Kier alpha value is -1.14. The second-order valence-corrected chi connectivity index (χ2v) is 9.72. The van der Waals surface area contributed by atoms with E-state index in [0.717, 1.165) is 31.5 Å². The van der Waals surface area contributed by atoms with Crippen LogP contribution in [0.15, 0.2) is 21.0 Å². The van der Waals surface area contributed by atoms with E-state index in [1.165, 1.54) is 19.8 Å². The summed E-state index contributed by atoms with van der Waals surface area (Å²) >= 11 is 5.33. The van der Waals surface area contributed by atoms with Gasteiger partial charge in [0.2, 0.25) is 0 Å². The average molecular weight is 411 g/mol. The summed E-state index contributed by atoms with van der Waals surface area (Å²) < 4.78 is 6.72. The number of ether oxygens (including phenoxy) is 1. The standard InChI is InChI=1S/C18H23BrN2O2S/c1-11-8-15(24-16(11)19)12-9-13(20-10-12)14-6-5-7-21(14)17(22)23-18(2,3)4/h8,10,14H,5-7,9H2,1-4H3/t14-/m0/s1. The fourth-order valence-corrected chi connectivity index (χ4v) is 4.61. The Bertz CT molecular complexity index is 696. The minimum absolute atomic E-state index is 0.0677. The smallest absolute Gasteiger partial charge is 0.410 e. The van der Waals surface area contributed by atoms with Gasteiger partial charge < -0.3 is 4.74 Å². The molecule has 0 bridgehead atoms. The highest BCUT2D eigenvalue weighted by Crippen LogP contribution is 2.37. The largest absolute Gasteiger partial charge is 0.444 e. The van der Waals surface area contributed by atoms with Crippen LogP contribution in [0.1, 0.15) is 50.5 Å². The first-order chi connectivity index (χ1) is 11.2. The lowest BCUT2D eigenvalue weighted by atomic mass is 10.0. The summed E-state index contributed by atoms with van der Waals surface area (Å²) in [6.07, 6.45) is 4.51. The maximum Gasteiger partial charge on any atom is 0.410 e. The number of rotatable bonds is 2. The zero-order valence-corrected chi connectivity index (χ0v) is 17.0. The maximum absolute atomic E-state index is 12.5. The predicted octanol–water partition coefficient (Wildman–Crippen LogP) is 5.40. The Kier molecular flexibility index (Phi) is 4.89. The van der Waals surface area contributed by atoms with Crippen molar-refractivity contribution in [2.24, 2.45) is 4.99 Å². The molecule has 1 atom stereocenters. The van der Waals surface area contributed by atoms with Crippen LogP contribution in [0.4, 0.5) is 4.79 Å². The van der Waals surface area contributed by atoms with Crippen molar-refractivity contribution in [3.05, 3.63) is 26.5 Å². The third kappa shape index (κ3) is 3.75. The van der Waals surface area contributed by atoms with E-state index in [2.05, 4.69) is 33.9 Å². The molecular weight excluding hydrogens is 388 g/mol. The number of allylic oxidation sites excluding steroid dienone is 1. The van der Waals surface area contributed by atoms with Crippen LogP contribution >= 0.6 is 27.3 Å². The first-order valence-corrected chi connectivity index (χ1v) is 9.87. The summed E-state index contributed by atoms with van der Waals surface area (Å²) in [4.78, 5) is 20.2. The Balaban J connectivity index is 1.68. The van der Waals surface area contributed by atoms with E-state index in [1.807, 2.05) is 31.9 Å². The molecule has 0 saturated carbocycles. The van der Waals surface area contributed by atoms with Crippen molar-refractivity contribution in [1.82, 2.24) is 4.90 Å². The van der Waals surface area contributed by atoms with Crippen molar-refractivity contribution in [2.75, 3.05) is 6.54 Å². The minimum Gasteiger partial charge on any atom is -0.444 e. The van der Waals surface area contributed by atoms with E-state index in [1.54, 1.807) is 11.3 Å². The highest BCUT2D eigenvalue weighted by atomic mass is 79.9. The van der Waals surface area contributed by atoms with Gasteiger partial charge in [0.15, 0.2) is 0 Å². The van der Waals surface area contributed by atoms with E-state index in [0.29, 0.717) is 0 Å². The van der Waals surface area contributed by atoms with Gasteiger partial charge in [-0.15, -0.1) is 11.3 Å². The third-order valence-corrected chi connectivity index (χ3v) is 6.41. The molecule has 1 amide bonds. The summed E-state index contributed by atoms with van der Waals surface area (Å²) in [5.41, 5.74) is 3.10. The molecule has 2 aliphatic rings. The van der Waals surface area contributed by atoms with E-state index in [9.17, 15) is 4.79 Å². The third-order valence-electron chi connectivity index (χ3n) is 4.20. The number of carbonyl (C=O) groups excluding carboxylic acids is 1. The fourth-order valence-electron chi connectivity index (χ4n) is 3.07. The molecule has 0 radical (unpaired) electrons. The summed E-state index contributed by atoms with van der Waals surface area (Å²) in [7, 11) is 0. The second kappa shape index (κ2) is 6.64. The van der Waals surface area contributed by atoms with Gasteiger partial charge in [-0.2, -0.15) is 0 Å². The Morgan fingerprint density at radius 2 is 2.21 bits per heavy atom. The van der Waals surface area contributed by atoms with Crippen molar-refractivity contribution in [2.45, 2.75) is 58.6 Å². The van der Waals surface area contributed by atoms with E-state index in [4.69, 9.17) is 4.74 Å². The molecule has 0 aliphatic carbocycles. The van der Waals surface area contributed by atoms with E-state index < -0.39 is 5.60 Å². The van der Waals surface area contributed by atoms with Crippen molar-refractivity contribution in [3.8, 4) is 0 Å². The summed E-state index contributed by atoms with van der Waals surface area (Å²) in [6, 6.07) is 2.26. The lowest BCUT2D eigenvalue weighted by Gasteiger charge is -2.28. The molecule has 2 aliphatic heterocycles. The number of carbonyl (C=O) groups is 1. The molecule has 0 aromatic carbocycles. The lowest BCUT2D eigenvalue weighted by molar-refractivity contribution is 0.0265. The molecule has 1 fully saturated rings. The van der Waals surface area contributed by atoms with Gasteiger partial charge in [0.25, 0.3) is 0 Å². The van der Waals surface area contributed by atoms with Crippen LogP contribution in [0, 0.1) is 6.92 Å². The minimum atomic E-state index is -0.466. The summed E-state index contributed by atoms with van der Waals surface area (Å²) in [6.45, 7) is 8.55. The number of hydrogen-bond donors (Lipinski definition) is 0. The average Bonchev–Trinajstić information content (AvgIpc) is 3.17. The van der Waals surface area contributed by atoms with Crippen LogP contribution in [0.3, 0.4) is 0 Å². The summed E-state index contributed by atoms with van der Waals surface area (Å²) in [5.74, 6) is 0. The van der Waals surface area contributed by atoms with Crippen LogP contribution in [0.5, 0.6) is 0 Å². The normalized spacial score (nSPS) is 21.0. The summed E-state index contributed by atoms with van der Waals surface area (Å²) in [5, 5.41) is 0. The van der Waals surface area contributed by atoms with E-state index in [-0.39, 0.29) is 12.1 Å². The molecule has 4 nitrogen and oxygen atoms in total. The number of likely N-dealkylation sites (tertiary alicyclic amines) is 1. The molecule has 6 heteroatoms. The van der Waals surface area contributed by atoms with Crippen molar-refractivity contribution >= 4 is 44.6 Å². The number of aryl methyl sites for hydroxylation is 1. The number of hydrogen-bond acceptors (Lipinski definition) is 4. The molecule has 1 saturated heterocycles. The predicted molar refractivity (Wildman–Crippen MR) is 103 cm³/mol. The van der Waals surface area contributed by atoms with Crippen LogP contribution in [0.25, 0.3) is 5.57 Å². The molecule has 1 aromatic heterocycles. The highest BCUT2D eigenvalue weighted by Gasteiger charge is 2.36. The number of aliphatic imine (C=N–C) groups is 1. The van der Waals surface area contributed by atoms with Gasteiger partial charge in [-0.05, 0) is 73.7 Å². The highest BCUT2D eigenvalue weighted by molar-refractivity contribution is 9.11. The molecule has 3 heterocycles. The van der Waals surface area contributed by atoms with Gasteiger partial charge in [0.1, 0.15) is 5.60 Å². The molecule has 3 rings (SSSR count). The van der Waals surface area contributed by atoms with Crippen LogP contribution < -0.4 is 0 Å². The van der Waals surface area contributed by atoms with Crippen molar-refractivity contribution in [1.29, 1.82) is 0 Å². The first kappa shape index (κ1) is 17.7. The van der Waals surface area contributed by atoms with Gasteiger partial charge in [-0.1, -0.05) is 0 Å². The van der Waals surface area contributed by atoms with E-state index >= 15 is 0 Å². The van der Waals surface area contributed by atoms with Crippen LogP contribution in [-0.4, -0.2) is 34.9 Å². The zero-order valence-electron chi connectivity index (χ0n) is 14.6. The molecule has 130 valence electrons. The number of thiophene rings is 1. The Labute approximate surface area is 155 Å². The molecule has 0 unspecified atom stereocenters. The van der Waals surface area contributed by atoms with Crippen molar-refractivity contribution in [3.63, 3.8) is 0 Å². The molecule has 24 heavy (non-hydrogen) atoms. The fraction of sp³-hybridized carbons (Fsp3) is 0.556. The maximum atomic E-state index is 12.5. The monoisotopic (exact) mass is 410 g/mol. The lowest BCUT2D eigenvalue weighted by Crippen LogP contribution is -2.43. The van der Waals surface area contributed by atoms with Gasteiger partial charge in [-0.25, -0.2) is 4.79 Å². The molecule has 0 N–H and O–H groups in total. The van der Waals surface area contributed by atoms with Gasteiger partial charge in [0.05, 0.1) is 9.83 Å². The molecular formula is C18H23BrN2O2S. The Morgan fingerprint density at radius 1 is 1.46 bits per heavy atom. The number of amides is 1. The zero-order chi connectivity index (χ0) is 17.5. The first-order valence-electron chi connectivity index (χ1n) is 8.26. The number of halogens is 1. The molecule has 1 aromatic rings. The topological polar surface area (TPSA) is 41.9 Å². The van der Waals surface area contributed by atoms with Gasteiger partial charge in [-0.3, -0.25) is 9.89 Å².